The lowest BCUT2D eigenvalue weighted by atomic mass is 10.1. The molecule has 0 bridgehead atoms. The second-order valence-corrected chi connectivity index (χ2v) is 4.47. The molecule has 5 heteroatoms. The van der Waals surface area contributed by atoms with E-state index in [-0.39, 0.29) is 17.1 Å². The lowest BCUT2D eigenvalue weighted by molar-refractivity contribution is 0.0697. The first-order valence-corrected chi connectivity index (χ1v) is 6.06. The van der Waals surface area contributed by atoms with Crippen LogP contribution in [0, 0.1) is 6.92 Å². The molecule has 0 fully saturated rings. The fraction of sp³-hybridized carbons (Fsp3) is 0.133. The number of phenols is 2. The number of rotatable bonds is 4. The van der Waals surface area contributed by atoms with Crippen LogP contribution in [0.25, 0.3) is 0 Å². The maximum absolute atomic E-state index is 10.8. The highest BCUT2D eigenvalue weighted by Crippen LogP contribution is 2.29. The molecule has 0 radical (unpaired) electrons. The molecular weight excluding hydrogens is 258 g/mol. The largest absolute Gasteiger partial charge is 0.504 e. The van der Waals surface area contributed by atoms with Crippen LogP contribution in [0.2, 0.25) is 0 Å². The molecule has 0 saturated carbocycles. The number of carbonyl (C=O) groups is 1. The number of aryl methyl sites for hydroxylation is 1. The molecule has 104 valence electrons. The van der Waals surface area contributed by atoms with Gasteiger partial charge in [0, 0.05) is 17.8 Å². The van der Waals surface area contributed by atoms with Gasteiger partial charge in [-0.2, -0.15) is 0 Å². The topological polar surface area (TPSA) is 89.8 Å². The van der Waals surface area contributed by atoms with E-state index in [1.807, 2.05) is 0 Å². The van der Waals surface area contributed by atoms with Crippen LogP contribution < -0.4 is 5.32 Å². The first-order chi connectivity index (χ1) is 9.49. The molecule has 0 spiro atoms. The fourth-order valence-corrected chi connectivity index (χ4v) is 1.91. The highest BCUT2D eigenvalue weighted by molar-refractivity contribution is 5.88. The van der Waals surface area contributed by atoms with Gasteiger partial charge in [-0.25, -0.2) is 4.79 Å². The summed E-state index contributed by atoms with van der Waals surface area (Å²) in [7, 11) is 0. The number of carboxylic acids is 1. The normalized spacial score (nSPS) is 10.2. The number of aromatic carboxylic acids is 1. The number of benzene rings is 2. The third kappa shape index (κ3) is 2.83. The summed E-state index contributed by atoms with van der Waals surface area (Å²) in [5.74, 6) is -1.28. The maximum atomic E-state index is 10.8. The zero-order valence-corrected chi connectivity index (χ0v) is 10.9. The number of phenolic OH excluding ortho intramolecular Hbond substituents is 2. The molecule has 4 N–H and O–H groups in total. The number of carboxylic acid groups (broad SMARTS) is 1. The molecular formula is C15H15NO4. The second kappa shape index (κ2) is 5.52. The molecule has 2 aromatic carbocycles. The molecule has 0 amide bonds. The number of anilines is 1. The van der Waals surface area contributed by atoms with Gasteiger partial charge in [0.15, 0.2) is 11.5 Å². The summed E-state index contributed by atoms with van der Waals surface area (Å²) in [6.45, 7) is 2.13. The molecule has 20 heavy (non-hydrogen) atoms. The Morgan fingerprint density at radius 1 is 1.20 bits per heavy atom. The highest BCUT2D eigenvalue weighted by Gasteiger charge is 2.08. The standard InChI is InChI=1S/C15H15NO4/c1-9-7-10(15(19)20)5-6-12(9)16-8-11-3-2-4-13(17)14(11)18/h2-7,16-18H,8H2,1H3,(H,19,20). The lowest BCUT2D eigenvalue weighted by Crippen LogP contribution is -2.03. The third-order valence-corrected chi connectivity index (χ3v) is 3.04. The Hall–Kier alpha value is -2.69. The summed E-state index contributed by atoms with van der Waals surface area (Å²) in [5, 5.41) is 31.1. The van der Waals surface area contributed by atoms with Crippen molar-refractivity contribution in [3.05, 3.63) is 53.1 Å². The van der Waals surface area contributed by atoms with E-state index in [2.05, 4.69) is 5.32 Å². The minimum absolute atomic E-state index is 0.153. The number of para-hydroxylation sites is 1. The van der Waals surface area contributed by atoms with E-state index in [1.54, 1.807) is 31.2 Å². The Morgan fingerprint density at radius 3 is 2.60 bits per heavy atom. The quantitative estimate of drug-likeness (QED) is 0.643. The van der Waals surface area contributed by atoms with Crippen molar-refractivity contribution in [2.75, 3.05) is 5.32 Å². The van der Waals surface area contributed by atoms with Crippen LogP contribution in [-0.4, -0.2) is 21.3 Å². The number of aromatic hydroxyl groups is 2. The molecule has 2 rings (SSSR count). The summed E-state index contributed by atoms with van der Waals surface area (Å²) in [6, 6.07) is 9.52. The minimum Gasteiger partial charge on any atom is -0.504 e. The molecule has 0 atom stereocenters. The molecule has 2 aromatic rings. The smallest absolute Gasteiger partial charge is 0.335 e. The SMILES string of the molecule is Cc1cc(C(=O)O)ccc1NCc1cccc(O)c1O. The van der Waals surface area contributed by atoms with Gasteiger partial charge in [-0.05, 0) is 36.8 Å². The molecule has 0 aliphatic heterocycles. The van der Waals surface area contributed by atoms with Gasteiger partial charge in [-0.15, -0.1) is 0 Å². The fourth-order valence-electron chi connectivity index (χ4n) is 1.91. The van der Waals surface area contributed by atoms with Crippen molar-refractivity contribution in [2.45, 2.75) is 13.5 Å². The third-order valence-electron chi connectivity index (χ3n) is 3.04. The number of nitrogens with one attached hydrogen (secondary N) is 1. The maximum Gasteiger partial charge on any atom is 0.335 e. The van der Waals surface area contributed by atoms with Gasteiger partial charge in [0.2, 0.25) is 0 Å². The predicted molar refractivity (Wildman–Crippen MR) is 75.2 cm³/mol. The van der Waals surface area contributed by atoms with Gasteiger partial charge in [0.1, 0.15) is 0 Å². The predicted octanol–water partition coefficient (Wildman–Crippen LogP) is 2.72. The van der Waals surface area contributed by atoms with Gasteiger partial charge in [0.25, 0.3) is 0 Å². The summed E-state index contributed by atoms with van der Waals surface area (Å²) in [6.07, 6.45) is 0. The zero-order valence-electron chi connectivity index (χ0n) is 10.9. The Labute approximate surface area is 116 Å². The van der Waals surface area contributed by atoms with E-state index in [0.29, 0.717) is 12.1 Å². The van der Waals surface area contributed by atoms with E-state index in [1.165, 1.54) is 12.1 Å². The van der Waals surface area contributed by atoms with Gasteiger partial charge in [-0.3, -0.25) is 0 Å². The first-order valence-electron chi connectivity index (χ1n) is 6.06. The monoisotopic (exact) mass is 273 g/mol. The molecule has 0 saturated heterocycles. The van der Waals surface area contributed by atoms with E-state index in [9.17, 15) is 15.0 Å². The summed E-state index contributed by atoms with van der Waals surface area (Å²) < 4.78 is 0. The minimum atomic E-state index is -0.967. The van der Waals surface area contributed by atoms with Crippen LogP contribution >= 0.6 is 0 Å². The van der Waals surface area contributed by atoms with Crippen molar-refractivity contribution < 1.29 is 20.1 Å². The molecule has 0 heterocycles. The molecule has 0 aromatic heterocycles. The average molecular weight is 273 g/mol. The summed E-state index contributed by atoms with van der Waals surface area (Å²) in [5.41, 5.74) is 2.36. The van der Waals surface area contributed by atoms with E-state index >= 15 is 0 Å². The highest BCUT2D eigenvalue weighted by atomic mass is 16.4. The molecule has 0 aliphatic carbocycles. The lowest BCUT2D eigenvalue weighted by Gasteiger charge is -2.11. The molecule has 0 unspecified atom stereocenters. The molecule has 0 aliphatic rings. The second-order valence-electron chi connectivity index (χ2n) is 4.47. The number of hydrogen-bond donors (Lipinski definition) is 4. The van der Waals surface area contributed by atoms with Crippen LogP contribution in [0.1, 0.15) is 21.5 Å². The Kier molecular flexibility index (Phi) is 3.79. The summed E-state index contributed by atoms with van der Waals surface area (Å²) >= 11 is 0. The van der Waals surface area contributed by atoms with Crippen LogP contribution in [0.5, 0.6) is 11.5 Å². The van der Waals surface area contributed by atoms with Crippen LogP contribution in [-0.2, 0) is 6.54 Å². The average Bonchev–Trinajstić information content (AvgIpc) is 2.41. The van der Waals surface area contributed by atoms with E-state index in [0.717, 1.165) is 11.3 Å². The van der Waals surface area contributed by atoms with Crippen molar-refractivity contribution in [1.29, 1.82) is 0 Å². The van der Waals surface area contributed by atoms with E-state index < -0.39 is 5.97 Å². The van der Waals surface area contributed by atoms with Crippen LogP contribution in [0.4, 0.5) is 5.69 Å². The summed E-state index contributed by atoms with van der Waals surface area (Å²) in [4.78, 5) is 10.8. The Balaban J connectivity index is 2.15. The van der Waals surface area contributed by atoms with Gasteiger partial charge in [-0.1, -0.05) is 12.1 Å². The van der Waals surface area contributed by atoms with Crippen molar-refractivity contribution in [2.24, 2.45) is 0 Å². The van der Waals surface area contributed by atoms with Crippen molar-refractivity contribution >= 4 is 11.7 Å². The van der Waals surface area contributed by atoms with Gasteiger partial charge >= 0.3 is 5.97 Å². The number of hydrogen-bond acceptors (Lipinski definition) is 4. The van der Waals surface area contributed by atoms with Crippen LogP contribution in [0.15, 0.2) is 36.4 Å². The zero-order chi connectivity index (χ0) is 14.7. The van der Waals surface area contributed by atoms with Gasteiger partial charge < -0.3 is 20.6 Å². The van der Waals surface area contributed by atoms with Crippen molar-refractivity contribution in [1.82, 2.24) is 0 Å². The Morgan fingerprint density at radius 2 is 1.95 bits per heavy atom. The van der Waals surface area contributed by atoms with Crippen molar-refractivity contribution in [3.63, 3.8) is 0 Å². The Bertz CT molecular complexity index is 652. The van der Waals surface area contributed by atoms with E-state index in [4.69, 9.17) is 5.11 Å². The first kappa shape index (κ1) is 13.7. The van der Waals surface area contributed by atoms with Gasteiger partial charge in [0.05, 0.1) is 5.56 Å². The van der Waals surface area contributed by atoms with Crippen molar-refractivity contribution in [3.8, 4) is 11.5 Å². The molecule has 5 nitrogen and oxygen atoms in total. The van der Waals surface area contributed by atoms with Crippen LogP contribution in [0.3, 0.4) is 0 Å².